The first-order chi connectivity index (χ1) is 15.9. The summed E-state index contributed by atoms with van der Waals surface area (Å²) in [6.07, 6.45) is -7.07. The summed E-state index contributed by atoms with van der Waals surface area (Å²) in [5.74, 6) is 0. The van der Waals surface area contributed by atoms with E-state index in [-0.39, 0.29) is 18.8 Å². The van der Waals surface area contributed by atoms with Crippen LogP contribution in [0, 0.1) is 0 Å². The average Bonchev–Trinajstić information content (AvgIpc) is 2.80. The summed E-state index contributed by atoms with van der Waals surface area (Å²) in [5.41, 5.74) is 17.2. The first-order valence-electron chi connectivity index (χ1n) is 11.9. The van der Waals surface area contributed by atoms with Crippen molar-refractivity contribution in [1.29, 1.82) is 0 Å². The number of aliphatic hydroxyl groups is 4. The minimum atomic E-state index is -1.38. The summed E-state index contributed by atoms with van der Waals surface area (Å²) in [6, 6.07) is -3.28. The zero-order valence-corrected chi connectivity index (χ0v) is 20.3. The van der Waals surface area contributed by atoms with Crippen LogP contribution < -0.4 is 27.8 Å². The van der Waals surface area contributed by atoms with E-state index in [1.165, 1.54) is 6.92 Å². The fourth-order valence-corrected chi connectivity index (χ4v) is 5.03. The maximum atomic E-state index is 11.1. The molecule has 3 fully saturated rings. The Hall–Kier alpha value is -0.520. The molecular formula is C21H43N5O8. The maximum absolute atomic E-state index is 11.1. The van der Waals surface area contributed by atoms with Crippen molar-refractivity contribution >= 4 is 0 Å². The number of likely N-dealkylation sites (N-methyl/N-ethyl adjacent to an activating group) is 2. The van der Waals surface area contributed by atoms with Gasteiger partial charge in [0, 0.05) is 6.04 Å². The molecule has 12 N–H and O–H groups in total. The summed E-state index contributed by atoms with van der Waals surface area (Å²) in [6.45, 7) is 3.38. The number of hydrogen-bond acceptors (Lipinski definition) is 13. The third kappa shape index (κ3) is 5.57. The van der Waals surface area contributed by atoms with Gasteiger partial charge in [0.05, 0.1) is 43.0 Å². The third-order valence-corrected chi connectivity index (χ3v) is 7.40. The molecule has 0 bridgehead atoms. The fourth-order valence-electron chi connectivity index (χ4n) is 5.03. The average molecular weight is 494 g/mol. The molecule has 0 aromatic rings. The molecular weight excluding hydrogens is 450 g/mol. The molecule has 1 unspecified atom stereocenters. The van der Waals surface area contributed by atoms with E-state index in [1.807, 2.05) is 14.0 Å². The molecule has 0 spiro atoms. The number of aliphatic hydroxyl groups excluding tert-OH is 3. The Morgan fingerprint density at radius 3 is 2.09 bits per heavy atom. The first kappa shape index (κ1) is 28.1. The second-order valence-corrected chi connectivity index (χ2v) is 9.99. The summed E-state index contributed by atoms with van der Waals surface area (Å²) in [5, 5.41) is 49.0. The lowest BCUT2D eigenvalue weighted by atomic mass is 9.81. The molecule has 0 amide bonds. The molecule has 1 saturated carbocycles. The van der Waals surface area contributed by atoms with Crippen molar-refractivity contribution in [2.24, 2.45) is 17.2 Å². The predicted molar refractivity (Wildman–Crippen MR) is 121 cm³/mol. The van der Waals surface area contributed by atoms with E-state index in [4.69, 9.17) is 36.1 Å². The Balaban J connectivity index is 1.74. The van der Waals surface area contributed by atoms with E-state index in [0.717, 1.165) is 6.42 Å². The van der Waals surface area contributed by atoms with Gasteiger partial charge in [0.15, 0.2) is 12.6 Å². The third-order valence-electron chi connectivity index (χ3n) is 7.40. The molecule has 13 nitrogen and oxygen atoms in total. The van der Waals surface area contributed by atoms with Gasteiger partial charge in [-0.15, -0.1) is 0 Å². The van der Waals surface area contributed by atoms with Gasteiger partial charge in [-0.05, 0) is 40.8 Å². The normalized spacial score (nSPS) is 51.3. The van der Waals surface area contributed by atoms with Gasteiger partial charge in [0.2, 0.25) is 0 Å². The van der Waals surface area contributed by atoms with E-state index < -0.39 is 72.9 Å². The minimum Gasteiger partial charge on any atom is -0.390 e. The summed E-state index contributed by atoms with van der Waals surface area (Å²) in [4.78, 5) is 0. The van der Waals surface area contributed by atoms with Crippen molar-refractivity contribution in [1.82, 2.24) is 10.6 Å². The molecule has 0 radical (unpaired) electrons. The molecule has 34 heavy (non-hydrogen) atoms. The summed E-state index contributed by atoms with van der Waals surface area (Å²) in [7, 11) is 3.42. The largest absolute Gasteiger partial charge is 0.390 e. The van der Waals surface area contributed by atoms with Crippen molar-refractivity contribution in [3.8, 4) is 0 Å². The number of rotatable bonds is 7. The lowest BCUT2D eigenvalue weighted by molar-refractivity contribution is -0.313. The predicted octanol–water partition coefficient (Wildman–Crippen LogP) is -4.36. The fraction of sp³-hybridized carbons (Fsp3) is 1.00. The van der Waals surface area contributed by atoms with E-state index in [9.17, 15) is 20.4 Å². The molecule has 2 aliphatic heterocycles. The van der Waals surface area contributed by atoms with Crippen LogP contribution in [0.3, 0.4) is 0 Å². The number of nitrogens with one attached hydrogen (secondary N) is 2. The van der Waals surface area contributed by atoms with E-state index >= 15 is 0 Å². The van der Waals surface area contributed by atoms with Gasteiger partial charge in [-0.1, -0.05) is 0 Å². The number of nitrogens with two attached hydrogens (primary N) is 3. The monoisotopic (exact) mass is 493 g/mol. The topological polar surface area (TPSA) is 220 Å². The molecule has 14 atom stereocenters. The standard InChI is InChI=1S/C21H43N5O8/c1-8(25-3)10-6-5-9(22)19(32-10)33-16-11(23)13(27)12(24)17(14(16)28)34-20-15(29)18(26-4)21(2,30)7-31-20/h8-20,25-30H,5-7,22-24H2,1-4H3/t8?,9-,10+,11-,12+,13-,14-,15-,16+,17-,18-,19-,20-,21+/m1/s1. The lowest BCUT2D eigenvalue weighted by Crippen LogP contribution is -2.73. The van der Waals surface area contributed by atoms with Crippen molar-refractivity contribution in [3.05, 3.63) is 0 Å². The van der Waals surface area contributed by atoms with Crippen LogP contribution in [0.5, 0.6) is 0 Å². The molecule has 2 saturated heterocycles. The molecule has 3 aliphatic rings. The molecule has 200 valence electrons. The maximum Gasteiger partial charge on any atom is 0.185 e. The number of ether oxygens (including phenoxy) is 4. The van der Waals surface area contributed by atoms with Crippen molar-refractivity contribution in [2.45, 2.75) is 112 Å². The van der Waals surface area contributed by atoms with Crippen LogP contribution in [0.2, 0.25) is 0 Å². The number of hydrogen-bond donors (Lipinski definition) is 9. The van der Waals surface area contributed by atoms with Crippen LogP contribution in [-0.4, -0.2) is 126 Å². The summed E-state index contributed by atoms with van der Waals surface area (Å²) >= 11 is 0. The van der Waals surface area contributed by atoms with Gasteiger partial charge < -0.3 is 67.2 Å². The highest BCUT2D eigenvalue weighted by Gasteiger charge is 2.53. The van der Waals surface area contributed by atoms with Crippen LogP contribution in [0.4, 0.5) is 0 Å². The van der Waals surface area contributed by atoms with Crippen LogP contribution in [0.1, 0.15) is 26.7 Å². The SMILES string of the molecule is CNC(C)[C@@H]1CC[C@@H](N)[C@@H](O[C@H]2[C@H](N)[C@@H](O)[C@H](N)[C@@H](O[C@H]3OC[C@](C)(O)[C@H](NC)[C@H]3O)[C@@H]2O)O1. The molecule has 2 heterocycles. The Kier molecular flexibility index (Phi) is 9.29. The van der Waals surface area contributed by atoms with Gasteiger partial charge in [0.1, 0.15) is 30.0 Å². The first-order valence-corrected chi connectivity index (χ1v) is 11.9. The zero-order chi connectivity index (χ0) is 25.4. The van der Waals surface area contributed by atoms with E-state index in [1.54, 1.807) is 7.05 Å². The quantitative estimate of drug-likeness (QED) is 0.164. The van der Waals surface area contributed by atoms with Crippen molar-refractivity contribution in [3.63, 3.8) is 0 Å². The smallest absolute Gasteiger partial charge is 0.185 e. The second kappa shape index (κ2) is 11.3. The van der Waals surface area contributed by atoms with Crippen molar-refractivity contribution in [2.75, 3.05) is 20.7 Å². The van der Waals surface area contributed by atoms with Crippen LogP contribution in [0.15, 0.2) is 0 Å². The molecule has 0 aromatic heterocycles. The van der Waals surface area contributed by atoms with Gasteiger partial charge in [-0.3, -0.25) is 0 Å². The van der Waals surface area contributed by atoms with Gasteiger partial charge in [-0.2, -0.15) is 0 Å². The lowest BCUT2D eigenvalue weighted by Gasteiger charge is -2.49. The zero-order valence-electron chi connectivity index (χ0n) is 20.3. The second-order valence-electron chi connectivity index (χ2n) is 9.99. The molecule has 13 heteroatoms. The van der Waals surface area contributed by atoms with Gasteiger partial charge in [-0.25, -0.2) is 0 Å². The minimum absolute atomic E-state index is 0.0564. The van der Waals surface area contributed by atoms with Crippen molar-refractivity contribution < 1.29 is 39.4 Å². The van der Waals surface area contributed by atoms with Crippen LogP contribution in [0.25, 0.3) is 0 Å². The molecule has 0 aromatic carbocycles. The van der Waals surface area contributed by atoms with E-state index in [2.05, 4.69) is 10.6 Å². The molecule has 3 rings (SSSR count). The Bertz CT molecular complexity index is 663. The Morgan fingerprint density at radius 2 is 1.53 bits per heavy atom. The van der Waals surface area contributed by atoms with Gasteiger partial charge in [0.25, 0.3) is 0 Å². The van der Waals surface area contributed by atoms with Crippen LogP contribution >= 0.6 is 0 Å². The Labute approximate surface area is 200 Å². The summed E-state index contributed by atoms with van der Waals surface area (Å²) < 4.78 is 23.4. The Morgan fingerprint density at radius 1 is 0.941 bits per heavy atom. The highest BCUT2D eigenvalue weighted by Crippen LogP contribution is 2.32. The highest BCUT2D eigenvalue weighted by atomic mass is 16.7. The van der Waals surface area contributed by atoms with Gasteiger partial charge >= 0.3 is 0 Å². The van der Waals surface area contributed by atoms with Crippen LogP contribution in [-0.2, 0) is 18.9 Å². The van der Waals surface area contributed by atoms with E-state index in [0.29, 0.717) is 6.42 Å². The highest BCUT2D eigenvalue weighted by molar-refractivity contribution is 5.06. The molecule has 1 aliphatic carbocycles.